The molecule has 1 aliphatic carbocycles. The Hall–Kier alpha value is -1.84. The molecule has 2 N–H and O–H groups in total. The van der Waals surface area contributed by atoms with E-state index in [0.29, 0.717) is 16.4 Å². The fourth-order valence-electron chi connectivity index (χ4n) is 3.41. The highest BCUT2D eigenvalue weighted by molar-refractivity contribution is 8.01. The highest BCUT2D eigenvalue weighted by Crippen LogP contribution is 2.27. The van der Waals surface area contributed by atoms with Crippen LogP contribution in [0.4, 0.5) is 5.13 Å². The molecular weight excluding hydrogens is 448 g/mol. The van der Waals surface area contributed by atoms with Gasteiger partial charge in [-0.3, -0.25) is 14.9 Å². The van der Waals surface area contributed by atoms with E-state index < -0.39 is 0 Å². The van der Waals surface area contributed by atoms with Gasteiger partial charge in [0.1, 0.15) is 0 Å². The predicted octanol–water partition coefficient (Wildman–Crippen LogP) is 5.39. The number of amides is 2. The summed E-state index contributed by atoms with van der Waals surface area (Å²) in [6.45, 7) is 3.69. The Morgan fingerprint density at radius 3 is 2.61 bits per heavy atom. The first-order valence-corrected chi connectivity index (χ1v) is 13.3. The van der Waals surface area contributed by atoms with Crippen molar-refractivity contribution in [2.45, 2.75) is 60.2 Å². The van der Waals surface area contributed by atoms with Crippen LogP contribution in [0.2, 0.25) is 0 Å². The van der Waals surface area contributed by atoms with Crippen LogP contribution in [0, 0.1) is 0 Å². The zero-order valence-electron chi connectivity index (χ0n) is 17.5. The maximum absolute atomic E-state index is 12.8. The molecule has 166 valence electrons. The molecule has 6 nitrogen and oxygen atoms in total. The SMILES string of the molecule is C=CCSc1nnc(NC(=O)c2ccccc2SCC(=O)NC2CCCCCCC2)s1. The second-order valence-electron chi connectivity index (χ2n) is 7.32. The van der Waals surface area contributed by atoms with Gasteiger partial charge in [0.25, 0.3) is 5.91 Å². The molecule has 1 fully saturated rings. The molecule has 0 radical (unpaired) electrons. The molecule has 2 aromatic rings. The van der Waals surface area contributed by atoms with Crippen molar-refractivity contribution in [3.8, 4) is 0 Å². The average Bonchev–Trinajstić information content (AvgIpc) is 3.20. The van der Waals surface area contributed by atoms with Crippen molar-refractivity contribution in [2.75, 3.05) is 16.8 Å². The number of nitrogens with zero attached hydrogens (tertiary/aromatic N) is 2. The van der Waals surface area contributed by atoms with Crippen LogP contribution < -0.4 is 10.6 Å². The summed E-state index contributed by atoms with van der Waals surface area (Å²) >= 11 is 4.24. The maximum atomic E-state index is 12.8. The first kappa shape index (κ1) is 23.8. The zero-order valence-corrected chi connectivity index (χ0v) is 19.9. The summed E-state index contributed by atoms with van der Waals surface area (Å²) in [6, 6.07) is 7.60. The summed E-state index contributed by atoms with van der Waals surface area (Å²) in [6.07, 6.45) is 10.1. The normalized spacial score (nSPS) is 15.0. The van der Waals surface area contributed by atoms with Crippen LogP contribution in [0.5, 0.6) is 0 Å². The van der Waals surface area contributed by atoms with Crippen molar-refractivity contribution >= 4 is 51.8 Å². The lowest BCUT2D eigenvalue weighted by Gasteiger charge is -2.21. The number of nitrogens with one attached hydrogen (secondary N) is 2. The van der Waals surface area contributed by atoms with E-state index in [9.17, 15) is 9.59 Å². The van der Waals surface area contributed by atoms with Crippen LogP contribution in [0.15, 0.2) is 46.2 Å². The highest BCUT2D eigenvalue weighted by atomic mass is 32.2. The van der Waals surface area contributed by atoms with Crippen LogP contribution >= 0.6 is 34.9 Å². The molecule has 0 saturated heterocycles. The molecular formula is C22H28N4O2S3. The van der Waals surface area contributed by atoms with Gasteiger partial charge >= 0.3 is 0 Å². The molecule has 1 heterocycles. The van der Waals surface area contributed by atoms with E-state index in [1.54, 1.807) is 12.1 Å². The summed E-state index contributed by atoms with van der Waals surface area (Å²) in [5, 5.41) is 14.5. The second kappa shape index (κ2) is 12.9. The maximum Gasteiger partial charge on any atom is 0.258 e. The fourth-order valence-corrected chi connectivity index (χ4v) is 5.78. The van der Waals surface area contributed by atoms with Gasteiger partial charge in [-0.25, -0.2) is 0 Å². The Balaban J connectivity index is 1.54. The van der Waals surface area contributed by atoms with Gasteiger partial charge in [0, 0.05) is 16.7 Å². The smallest absolute Gasteiger partial charge is 0.258 e. The molecule has 0 bridgehead atoms. The van der Waals surface area contributed by atoms with E-state index in [1.165, 1.54) is 67.0 Å². The van der Waals surface area contributed by atoms with Gasteiger partial charge in [-0.05, 0) is 25.0 Å². The number of hydrogen-bond acceptors (Lipinski definition) is 7. The van der Waals surface area contributed by atoms with Crippen LogP contribution in [0.3, 0.4) is 0 Å². The van der Waals surface area contributed by atoms with Crippen LogP contribution in [-0.4, -0.2) is 39.6 Å². The number of thioether (sulfide) groups is 2. The van der Waals surface area contributed by atoms with Gasteiger partial charge in [-0.2, -0.15) is 0 Å². The molecule has 3 rings (SSSR count). The van der Waals surface area contributed by atoms with Gasteiger partial charge in [0.15, 0.2) is 4.34 Å². The van der Waals surface area contributed by atoms with E-state index in [2.05, 4.69) is 27.4 Å². The molecule has 0 aliphatic heterocycles. The van der Waals surface area contributed by atoms with E-state index >= 15 is 0 Å². The van der Waals surface area contributed by atoms with E-state index in [0.717, 1.165) is 27.8 Å². The summed E-state index contributed by atoms with van der Waals surface area (Å²) in [4.78, 5) is 26.0. The average molecular weight is 477 g/mol. The fraction of sp³-hybridized carbons (Fsp3) is 0.455. The Bertz CT molecular complexity index is 879. The Kier molecular flexibility index (Phi) is 9.89. The van der Waals surface area contributed by atoms with Crippen LogP contribution in [-0.2, 0) is 4.79 Å². The molecule has 0 atom stereocenters. The number of aromatic nitrogens is 2. The number of anilines is 1. The Morgan fingerprint density at radius 2 is 1.84 bits per heavy atom. The minimum absolute atomic E-state index is 0.0267. The van der Waals surface area contributed by atoms with Gasteiger partial charge in [0.2, 0.25) is 11.0 Å². The predicted molar refractivity (Wildman–Crippen MR) is 130 cm³/mol. The van der Waals surface area contributed by atoms with Gasteiger partial charge < -0.3 is 5.32 Å². The van der Waals surface area contributed by atoms with Gasteiger partial charge in [0.05, 0.1) is 11.3 Å². The third-order valence-corrected chi connectivity index (χ3v) is 7.95. The molecule has 2 amide bonds. The van der Waals surface area contributed by atoms with Crippen molar-refractivity contribution in [1.29, 1.82) is 0 Å². The molecule has 0 spiro atoms. The molecule has 0 unspecified atom stereocenters. The van der Waals surface area contributed by atoms with E-state index in [-0.39, 0.29) is 17.9 Å². The topological polar surface area (TPSA) is 84.0 Å². The minimum atomic E-state index is -0.250. The number of carbonyl (C=O) groups excluding carboxylic acids is 2. The Labute approximate surface area is 196 Å². The minimum Gasteiger partial charge on any atom is -0.353 e. The van der Waals surface area contributed by atoms with Crippen molar-refractivity contribution in [1.82, 2.24) is 15.5 Å². The first-order valence-electron chi connectivity index (χ1n) is 10.6. The van der Waals surface area contributed by atoms with Crippen molar-refractivity contribution in [2.24, 2.45) is 0 Å². The molecule has 1 aromatic heterocycles. The van der Waals surface area contributed by atoms with E-state index in [1.807, 2.05) is 18.2 Å². The third kappa shape index (κ3) is 7.97. The van der Waals surface area contributed by atoms with Crippen molar-refractivity contribution < 1.29 is 9.59 Å². The summed E-state index contributed by atoms with van der Waals surface area (Å²) in [5.41, 5.74) is 0.529. The molecule has 1 saturated carbocycles. The largest absolute Gasteiger partial charge is 0.353 e. The van der Waals surface area contributed by atoms with Crippen molar-refractivity contribution in [3.05, 3.63) is 42.5 Å². The number of benzene rings is 1. The quantitative estimate of drug-likeness (QED) is 0.287. The molecule has 31 heavy (non-hydrogen) atoms. The monoisotopic (exact) mass is 476 g/mol. The third-order valence-electron chi connectivity index (χ3n) is 4.91. The highest BCUT2D eigenvalue weighted by Gasteiger charge is 2.17. The lowest BCUT2D eigenvalue weighted by atomic mass is 9.97. The van der Waals surface area contributed by atoms with Gasteiger partial charge in [-0.1, -0.05) is 73.4 Å². The number of rotatable bonds is 9. The lowest BCUT2D eigenvalue weighted by molar-refractivity contribution is -0.119. The number of hydrogen-bond donors (Lipinski definition) is 2. The summed E-state index contributed by atoms with van der Waals surface area (Å²) in [5.74, 6) is 0.811. The summed E-state index contributed by atoms with van der Waals surface area (Å²) < 4.78 is 0.781. The standard InChI is InChI=1S/C22H28N4O2S3/c1-2-14-29-22-26-25-21(31-22)24-20(28)17-12-8-9-13-18(17)30-15-19(27)23-16-10-6-4-3-5-7-11-16/h2,8-9,12-13,16H,1,3-7,10-11,14-15H2,(H,23,27)(H,24,25,28). The van der Waals surface area contributed by atoms with Crippen LogP contribution in [0.25, 0.3) is 0 Å². The molecule has 9 heteroatoms. The molecule has 1 aliphatic rings. The zero-order chi connectivity index (χ0) is 21.9. The Morgan fingerprint density at radius 1 is 1.10 bits per heavy atom. The number of carbonyl (C=O) groups is 2. The van der Waals surface area contributed by atoms with Crippen LogP contribution in [0.1, 0.15) is 55.3 Å². The summed E-state index contributed by atoms with van der Waals surface area (Å²) in [7, 11) is 0. The van der Waals surface area contributed by atoms with E-state index in [4.69, 9.17) is 0 Å². The molecule has 1 aromatic carbocycles. The second-order valence-corrected chi connectivity index (χ2v) is 10.6. The van der Waals surface area contributed by atoms with Crippen molar-refractivity contribution in [3.63, 3.8) is 0 Å². The first-order chi connectivity index (χ1) is 15.2. The lowest BCUT2D eigenvalue weighted by Crippen LogP contribution is -2.36. The van der Waals surface area contributed by atoms with Gasteiger partial charge in [-0.15, -0.1) is 28.5 Å².